The summed E-state index contributed by atoms with van der Waals surface area (Å²) >= 11 is 6.54. The quantitative estimate of drug-likeness (QED) is 0.181. The topological polar surface area (TPSA) is 109 Å². The molecule has 1 saturated heterocycles. The maximum atomic E-state index is 15.5. The van der Waals surface area contributed by atoms with Gasteiger partial charge in [0.15, 0.2) is 5.79 Å². The van der Waals surface area contributed by atoms with Crippen LogP contribution < -0.4 is 15.8 Å². The van der Waals surface area contributed by atoms with Gasteiger partial charge in [0.05, 0.1) is 35.2 Å². The molecule has 1 saturated carbocycles. The molecule has 0 amide bonds. The van der Waals surface area contributed by atoms with Gasteiger partial charge in [0.2, 0.25) is 0 Å². The molecule has 1 aliphatic carbocycles. The van der Waals surface area contributed by atoms with Gasteiger partial charge in [-0.25, -0.2) is 19.3 Å². The van der Waals surface area contributed by atoms with Crippen LogP contribution in [-0.4, -0.2) is 44.6 Å². The molecule has 1 unspecified atom stereocenters. The molecule has 0 spiro atoms. The van der Waals surface area contributed by atoms with Gasteiger partial charge in [-0.05, 0) is 80.1 Å². The highest BCUT2D eigenvalue weighted by atomic mass is 35.5. The molecule has 2 aliphatic rings. The Morgan fingerprint density at radius 3 is 2.63 bits per heavy atom. The molecule has 1 aliphatic heterocycles. The number of benzene rings is 2. The monoisotopic (exact) mass is 644 g/mol. The zero-order chi connectivity index (χ0) is 32.4. The average Bonchev–Trinajstić information content (AvgIpc) is 3.68. The van der Waals surface area contributed by atoms with E-state index < -0.39 is 5.79 Å². The Balaban J connectivity index is 1.16. The second-order valence-electron chi connectivity index (χ2n) is 13.3. The van der Waals surface area contributed by atoms with Crippen molar-refractivity contribution in [2.24, 2.45) is 11.3 Å². The van der Waals surface area contributed by atoms with Gasteiger partial charge in [-0.1, -0.05) is 37.6 Å². The van der Waals surface area contributed by atoms with Crippen molar-refractivity contribution in [3.63, 3.8) is 0 Å². The predicted octanol–water partition coefficient (Wildman–Crippen LogP) is 7.32. The highest BCUT2D eigenvalue weighted by Gasteiger charge is 2.61. The van der Waals surface area contributed by atoms with Crippen LogP contribution in [0.1, 0.15) is 51.3 Å². The molecular formula is C35H38ClFN6O3. The second kappa shape index (κ2) is 11.4. The van der Waals surface area contributed by atoms with Gasteiger partial charge in [0, 0.05) is 23.5 Å². The number of halogens is 2. The fraction of sp³-hybridized carbons (Fsp3) is 0.400. The van der Waals surface area contributed by atoms with E-state index in [1.807, 2.05) is 56.4 Å². The highest BCUT2D eigenvalue weighted by molar-refractivity contribution is 6.33. The minimum absolute atomic E-state index is 0.0255. The van der Waals surface area contributed by atoms with Crippen molar-refractivity contribution < 1.29 is 18.6 Å². The normalized spacial score (nSPS) is 24.4. The molecule has 5 atom stereocenters. The Kier molecular flexibility index (Phi) is 7.57. The van der Waals surface area contributed by atoms with Crippen LogP contribution in [0.5, 0.6) is 5.75 Å². The number of nitrogens with two attached hydrogens (primary N) is 1. The van der Waals surface area contributed by atoms with Crippen molar-refractivity contribution in [1.82, 2.24) is 19.5 Å². The van der Waals surface area contributed by atoms with Crippen LogP contribution in [0.2, 0.25) is 5.02 Å². The van der Waals surface area contributed by atoms with Gasteiger partial charge >= 0.3 is 0 Å². The van der Waals surface area contributed by atoms with E-state index in [1.165, 1.54) is 6.33 Å². The lowest BCUT2D eigenvalue weighted by Crippen LogP contribution is -2.39. The summed E-state index contributed by atoms with van der Waals surface area (Å²) in [5.74, 6) is 0.769. The van der Waals surface area contributed by atoms with Crippen LogP contribution in [0.3, 0.4) is 0 Å². The summed E-state index contributed by atoms with van der Waals surface area (Å²) in [6, 6.07) is 14.9. The summed E-state index contributed by atoms with van der Waals surface area (Å²) in [6.45, 7) is 8.89. The van der Waals surface area contributed by atoms with Crippen molar-refractivity contribution in [2.75, 3.05) is 18.2 Å². The molecule has 5 aromatic rings. The van der Waals surface area contributed by atoms with E-state index in [2.05, 4.69) is 33.7 Å². The van der Waals surface area contributed by atoms with Gasteiger partial charge in [-0.3, -0.25) is 0 Å². The zero-order valence-electron chi connectivity index (χ0n) is 26.6. The number of anilines is 2. The third kappa shape index (κ3) is 5.32. The first kappa shape index (κ1) is 30.7. The lowest BCUT2D eigenvalue weighted by Gasteiger charge is -2.37. The standard InChI is InChI=1S/C35H38ClFN6O3/c1-19(35(4)16-28(29-30(35)46-34(2,3)45-29)43-11-10-23-31(38)40-18-41-33(23)43)12-21-13-26(37)24-15-25(36)32(42-27(24)14-21)39-17-20-6-8-22(44-5)9-7-20/h6-11,13-15,18-19,28-30H,12,16-17H2,1-5H3,(H,39,42)(H2,38,40,41)/t19?,28-,29+,30+,35-/m1/s1. The van der Waals surface area contributed by atoms with Crippen LogP contribution in [0.4, 0.5) is 16.0 Å². The zero-order valence-corrected chi connectivity index (χ0v) is 27.3. The number of nitrogens with zero attached hydrogens (tertiary/aromatic N) is 4. The number of methoxy groups -OCH3 is 1. The highest BCUT2D eigenvalue weighted by Crippen LogP contribution is 2.57. The maximum Gasteiger partial charge on any atom is 0.163 e. The molecule has 3 N–H and O–H groups in total. The van der Waals surface area contributed by atoms with Gasteiger partial charge in [-0.15, -0.1) is 0 Å². The maximum absolute atomic E-state index is 15.5. The molecule has 7 rings (SSSR count). The molecule has 9 nitrogen and oxygen atoms in total. The number of rotatable bonds is 8. The minimum atomic E-state index is -0.737. The van der Waals surface area contributed by atoms with Gasteiger partial charge in [0.1, 0.15) is 41.3 Å². The summed E-state index contributed by atoms with van der Waals surface area (Å²) in [5.41, 5.74) is 9.10. The number of nitrogen functional groups attached to an aromatic ring is 1. The molecule has 2 aromatic carbocycles. The largest absolute Gasteiger partial charge is 0.497 e. The first-order valence-electron chi connectivity index (χ1n) is 15.5. The Bertz CT molecular complexity index is 1930. The number of ether oxygens (including phenoxy) is 3. The van der Waals surface area contributed by atoms with Gasteiger partial charge < -0.3 is 29.8 Å². The summed E-state index contributed by atoms with van der Waals surface area (Å²) in [6.07, 6.45) is 4.56. The lowest BCUT2D eigenvalue weighted by molar-refractivity contribution is -0.171. The van der Waals surface area contributed by atoms with Gasteiger partial charge in [0.25, 0.3) is 0 Å². The van der Waals surface area contributed by atoms with Crippen molar-refractivity contribution in [3.8, 4) is 5.75 Å². The Morgan fingerprint density at radius 1 is 1.09 bits per heavy atom. The van der Waals surface area contributed by atoms with Gasteiger partial charge in [-0.2, -0.15) is 0 Å². The van der Waals surface area contributed by atoms with E-state index in [0.29, 0.717) is 40.5 Å². The fourth-order valence-corrected chi connectivity index (χ4v) is 7.50. The molecule has 46 heavy (non-hydrogen) atoms. The summed E-state index contributed by atoms with van der Waals surface area (Å²) < 4.78 is 36.1. The molecule has 0 bridgehead atoms. The SMILES string of the molecule is COc1ccc(CNc2nc3cc(CC(C)[C@@]4(C)C[C@@H](n5ccc6c(N)ncnc65)[C@@H]5OC(C)(C)O[C@@H]54)cc(F)c3cc2Cl)cc1. The lowest BCUT2D eigenvalue weighted by atomic mass is 9.72. The molecule has 240 valence electrons. The van der Waals surface area contributed by atoms with E-state index in [9.17, 15) is 0 Å². The van der Waals surface area contributed by atoms with E-state index in [4.69, 9.17) is 36.5 Å². The molecule has 2 fully saturated rings. The number of fused-ring (bicyclic) bond motifs is 3. The van der Waals surface area contributed by atoms with Crippen molar-refractivity contribution >= 4 is 45.2 Å². The number of hydrogen-bond donors (Lipinski definition) is 2. The van der Waals surface area contributed by atoms with Crippen LogP contribution in [0, 0.1) is 17.2 Å². The van der Waals surface area contributed by atoms with E-state index in [0.717, 1.165) is 34.3 Å². The van der Waals surface area contributed by atoms with Crippen LogP contribution in [0.15, 0.2) is 61.1 Å². The first-order valence-corrected chi connectivity index (χ1v) is 15.9. The summed E-state index contributed by atoms with van der Waals surface area (Å²) in [7, 11) is 1.64. The van der Waals surface area contributed by atoms with Crippen LogP contribution >= 0.6 is 11.6 Å². The fourth-order valence-electron chi connectivity index (χ4n) is 7.28. The van der Waals surface area contributed by atoms with E-state index in [1.54, 1.807) is 19.2 Å². The minimum Gasteiger partial charge on any atom is -0.497 e. The second-order valence-corrected chi connectivity index (χ2v) is 13.7. The van der Waals surface area contributed by atoms with E-state index >= 15 is 4.39 Å². The Hall–Kier alpha value is -3.99. The molecular weight excluding hydrogens is 607 g/mol. The number of pyridine rings is 1. The first-order chi connectivity index (χ1) is 22.0. The van der Waals surface area contributed by atoms with Crippen molar-refractivity contribution in [2.45, 2.75) is 71.1 Å². The van der Waals surface area contributed by atoms with Crippen molar-refractivity contribution in [3.05, 3.63) is 83.0 Å². The number of aromatic nitrogens is 4. The molecule has 3 aromatic heterocycles. The summed E-state index contributed by atoms with van der Waals surface area (Å²) in [5, 5.41) is 4.87. The Labute approximate surface area is 272 Å². The molecule has 4 heterocycles. The molecule has 0 radical (unpaired) electrons. The third-order valence-corrected chi connectivity index (χ3v) is 10.2. The Morgan fingerprint density at radius 2 is 1.87 bits per heavy atom. The average molecular weight is 645 g/mol. The number of hydrogen-bond acceptors (Lipinski definition) is 8. The third-order valence-electron chi connectivity index (χ3n) is 9.89. The summed E-state index contributed by atoms with van der Waals surface area (Å²) in [4.78, 5) is 13.5. The number of nitrogens with one attached hydrogen (secondary N) is 1. The molecule has 11 heteroatoms. The van der Waals surface area contributed by atoms with Crippen LogP contribution in [-0.2, 0) is 22.4 Å². The smallest absolute Gasteiger partial charge is 0.163 e. The van der Waals surface area contributed by atoms with E-state index in [-0.39, 0.29) is 35.4 Å². The van der Waals surface area contributed by atoms with Crippen molar-refractivity contribution in [1.29, 1.82) is 0 Å². The predicted molar refractivity (Wildman–Crippen MR) is 177 cm³/mol. The van der Waals surface area contributed by atoms with Crippen LogP contribution in [0.25, 0.3) is 21.9 Å².